The van der Waals surface area contributed by atoms with Gasteiger partial charge in [-0.05, 0) is 37.3 Å². The van der Waals surface area contributed by atoms with Gasteiger partial charge in [-0.2, -0.15) is 0 Å². The van der Waals surface area contributed by atoms with Crippen molar-refractivity contribution in [3.05, 3.63) is 24.0 Å². The molecule has 5 heteroatoms. The number of likely N-dealkylation sites (tertiary alicyclic amines) is 1. The van der Waals surface area contributed by atoms with Gasteiger partial charge in [0.1, 0.15) is 5.69 Å². The summed E-state index contributed by atoms with van der Waals surface area (Å²) in [5.74, 6) is 0.463. The number of nitrogens with zero attached hydrogens (tertiary/aromatic N) is 2. The van der Waals surface area contributed by atoms with E-state index in [0.29, 0.717) is 11.6 Å². The molecule has 1 amide bonds. The molecule has 2 rings (SSSR count). The number of rotatable bonds is 6. The van der Waals surface area contributed by atoms with Crippen LogP contribution >= 0.6 is 0 Å². The lowest BCUT2D eigenvalue weighted by atomic mass is 9.98. The Morgan fingerprint density at radius 3 is 3.19 bits per heavy atom. The number of carbonyl (C=O) groups excluding carboxylic acids is 1. The third kappa shape index (κ3) is 4.43. The number of ether oxygens (including phenoxy) is 1. The van der Waals surface area contributed by atoms with Gasteiger partial charge in [-0.25, -0.2) is 0 Å². The van der Waals surface area contributed by atoms with Crippen molar-refractivity contribution in [3.8, 4) is 0 Å². The maximum Gasteiger partial charge on any atom is 0.272 e. The van der Waals surface area contributed by atoms with Gasteiger partial charge in [0.15, 0.2) is 0 Å². The Labute approximate surface area is 126 Å². The van der Waals surface area contributed by atoms with Crippen LogP contribution in [0, 0.1) is 5.92 Å². The fraction of sp³-hybridized carbons (Fsp3) is 0.625. The molecule has 0 radical (unpaired) electrons. The van der Waals surface area contributed by atoms with E-state index < -0.39 is 0 Å². The molecule has 1 aliphatic rings. The summed E-state index contributed by atoms with van der Waals surface area (Å²) in [5.41, 5.74) is 1.48. The zero-order chi connectivity index (χ0) is 15.1. The van der Waals surface area contributed by atoms with E-state index in [-0.39, 0.29) is 5.91 Å². The first-order chi connectivity index (χ1) is 10.2. The van der Waals surface area contributed by atoms with Crippen molar-refractivity contribution in [2.24, 2.45) is 5.92 Å². The zero-order valence-corrected chi connectivity index (χ0v) is 13.0. The maximum absolute atomic E-state index is 12.6. The molecule has 1 N–H and O–H groups in total. The van der Waals surface area contributed by atoms with Crippen LogP contribution < -0.4 is 5.32 Å². The van der Waals surface area contributed by atoms with Crippen LogP contribution in [0.3, 0.4) is 0 Å². The summed E-state index contributed by atoms with van der Waals surface area (Å²) in [7, 11) is 1.71. The molecule has 1 aromatic rings. The molecule has 5 nitrogen and oxygen atoms in total. The summed E-state index contributed by atoms with van der Waals surface area (Å²) in [4.78, 5) is 18.7. The summed E-state index contributed by atoms with van der Waals surface area (Å²) in [5, 5.41) is 3.29. The minimum Gasteiger partial charge on any atom is -0.385 e. The molecule has 1 aliphatic heterocycles. The SMILES string of the molecule is CCCNc1ccnc(C(=O)N2CCCC(COC)C2)c1. The summed E-state index contributed by atoms with van der Waals surface area (Å²) in [6.45, 7) is 5.31. The second-order valence-electron chi connectivity index (χ2n) is 5.57. The predicted molar refractivity (Wildman–Crippen MR) is 83.5 cm³/mol. The number of piperidine rings is 1. The Bertz CT molecular complexity index is 463. The highest BCUT2D eigenvalue weighted by Crippen LogP contribution is 2.19. The number of anilines is 1. The van der Waals surface area contributed by atoms with Crippen molar-refractivity contribution < 1.29 is 9.53 Å². The molecule has 116 valence electrons. The van der Waals surface area contributed by atoms with E-state index in [2.05, 4.69) is 17.2 Å². The molecule has 1 aromatic heterocycles. The standard InChI is InChI=1S/C16H25N3O2/c1-3-7-17-14-6-8-18-15(10-14)16(20)19-9-4-5-13(11-19)12-21-2/h6,8,10,13H,3-5,7,9,11-12H2,1-2H3,(H,17,18). The summed E-state index contributed by atoms with van der Waals surface area (Å²) >= 11 is 0. The number of hydrogen-bond donors (Lipinski definition) is 1. The van der Waals surface area contributed by atoms with Gasteiger partial charge >= 0.3 is 0 Å². The lowest BCUT2D eigenvalue weighted by Gasteiger charge is -2.32. The van der Waals surface area contributed by atoms with Gasteiger partial charge in [0, 0.05) is 38.6 Å². The number of amides is 1. The van der Waals surface area contributed by atoms with Crippen molar-refractivity contribution in [1.29, 1.82) is 0 Å². The predicted octanol–water partition coefficient (Wildman–Crippen LogP) is 2.40. The van der Waals surface area contributed by atoms with Gasteiger partial charge in [0.25, 0.3) is 5.91 Å². The first-order valence-corrected chi connectivity index (χ1v) is 7.72. The molecule has 1 unspecified atom stereocenters. The third-order valence-corrected chi connectivity index (χ3v) is 3.77. The van der Waals surface area contributed by atoms with E-state index in [0.717, 1.165) is 51.2 Å². The Hall–Kier alpha value is -1.62. The van der Waals surface area contributed by atoms with Gasteiger partial charge in [-0.1, -0.05) is 6.92 Å². The van der Waals surface area contributed by atoms with Gasteiger partial charge in [0.05, 0.1) is 6.61 Å². The van der Waals surface area contributed by atoms with Crippen LogP contribution in [0.1, 0.15) is 36.7 Å². The quantitative estimate of drug-likeness (QED) is 0.874. The molecule has 0 spiro atoms. The van der Waals surface area contributed by atoms with E-state index in [1.807, 2.05) is 17.0 Å². The number of methoxy groups -OCH3 is 1. The largest absolute Gasteiger partial charge is 0.385 e. The van der Waals surface area contributed by atoms with E-state index in [1.165, 1.54) is 0 Å². The fourth-order valence-electron chi connectivity index (χ4n) is 2.71. The first-order valence-electron chi connectivity index (χ1n) is 7.72. The first kappa shape index (κ1) is 15.8. The molecule has 0 saturated carbocycles. The Kier molecular flexibility index (Phi) is 5.99. The molecule has 2 heterocycles. The molecule has 0 bridgehead atoms. The van der Waals surface area contributed by atoms with E-state index in [4.69, 9.17) is 4.74 Å². The second kappa shape index (κ2) is 7.98. The van der Waals surface area contributed by atoms with E-state index in [1.54, 1.807) is 13.3 Å². The molecule has 0 aromatic carbocycles. The number of carbonyl (C=O) groups is 1. The van der Waals surface area contributed by atoms with Crippen LogP contribution in [-0.4, -0.2) is 49.1 Å². The summed E-state index contributed by atoms with van der Waals surface area (Å²) in [6, 6.07) is 3.74. The molecule has 1 atom stereocenters. The lowest BCUT2D eigenvalue weighted by molar-refractivity contribution is 0.0566. The Balaban J connectivity index is 2.01. The minimum atomic E-state index is 0.0240. The number of hydrogen-bond acceptors (Lipinski definition) is 4. The highest BCUT2D eigenvalue weighted by atomic mass is 16.5. The van der Waals surface area contributed by atoms with Crippen molar-refractivity contribution in [1.82, 2.24) is 9.88 Å². The molecular formula is C16H25N3O2. The van der Waals surface area contributed by atoms with Crippen LogP contribution in [-0.2, 0) is 4.74 Å². The fourth-order valence-corrected chi connectivity index (χ4v) is 2.71. The van der Waals surface area contributed by atoms with E-state index >= 15 is 0 Å². The third-order valence-electron chi connectivity index (χ3n) is 3.77. The Morgan fingerprint density at radius 1 is 1.57 bits per heavy atom. The molecule has 21 heavy (non-hydrogen) atoms. The Morgan fingerprint density at radius 2 is 2.43 bits per heavy atom. The number of nitrogens with one attached hydrogen (secondary N) is 1. The maximum atomic E-state index is 12.6. The topological polar surface area (TPSA) is 54.5 Å². The monoisotopic (exact) mass is 291 g/mol. The molecule has 1 fully saturated rings. The number of aromatic nitrogens is 1. The van der Waals surface area contributed by atoms with Gasteiger partial charge < -0.3 is 15.0 Å². The summed E-state index contributed by atoms with van der Waals surface area (Å²) in [6.07, 6.45) is 4.91. The number of pyridine rings is 1. The lowest BCUT2D eigenvalue weighted by Crippen LogP contribution is -2.41. The second-order valence-corrected chi connectivity index (χ2v) is 5.57. The van der Waals surface area contributed by atoms with Gasteiger partial charge in [0.2, 0.25) is 0 Å². The van der Waals surface area contributed by atoms with Crippen LogP contribution in [0.4, 0.5) is 5.69 Å². The zero-order valence-electron chi connectivity index (χ0n) is 13.0. The van der Waals surface area contributed by atoms with Gasteiger partial charge in [-0.3, -0.25) is 9.78 Å². The van der Waals surface area contributed by atoms with Crippen LogP contribution in [0.2, 0.25) is 0 Å². The van der Waals surface area contributed by atoms with Gasteiger partial charge in [-0.15, -0.1) is 0 Å². The molecule has 1 saturated heterocycles. The van der Waals surface area contributed by atoms with Crippen molar-refractivity contribution >= 4 is 11.6 Å². The minimum absolute atomic E-state index is 0.0240. The van der Waals surface area contributed by atoms with Crippen molar-refractivity contribution in [2.45, 2.75) is 26.2 Å². The van der Waals surface area contributed by atoms with E-state index in [9.17, 15) is 4.79 Å². The molecular weight excluding hydrogens is 266 g/mol. The normalized spacial score (nSPS) is 18.6. The average Bonchev–Trinajstić information content (AvgIpc) is 2.53. The average molecular weight is 291 g/mol. The van der Waals surface area contributed by atoms with Crippen LogP contribution in [0.5, 0.6) is 0 Å². The highest BCUT2D eigenvalue weighted by Gasteiger charge is 2.25. The smallest absolute Gasteiger partial charge is 0.272 e. The summed E-state index contributed by atoms with van der Waals surface area (Å²) < 4.78 is 5.21. The van der Waals surface area contributed by atoms with Crippen molar-refractivity contribution in [3.63, 3.8) is 0 Å². The molecule has 0 aliphatic carbocycles. The highest BCUT2D eigenvalue weighted by molar-refractivity contribution is 5.93. The van der Waals surface area contributed by atoms with Crippen LogP contribution in [0.15, 0.2) is 18.3 Å². The van der Waals surface area contributed by atoms with Crippen LogP contribution in [0.25, 0.3) is 0 Å². The van der Waals surface area contributed by atoms with Crippen molar-refractivity contribution in [2.75, 3.05) is 38.7 Å².